The summed E-state index contributed by atoms with van der Waals surface area (Å²) in [5.41, 5.74) is 1.19. The molecule has 0 aromatic heterocycles. The Balaban J connectivity index is 1.91. The van der Waals surface area contributed by atoms with Crippen LogP contribution in [0.5, 0.6) is 5.75 Å². The van der Waals surface area contributed by atoms with E-state index in [1.807, 2.05) is 13.0 Å². The number of rotatable bonds is 4. The van der Waals surface area contributed by atoms with Crippen LogP contribution in [0, 0.1) is 5.92 Å². The number of anilines is 1. The zero-order chi connectivity index (χ0) is 12.1. The molecule has 0 aliphatic heterocycles. The van der Waals surface area contributed by atoms with E-state index in [0.717, 1.165) is 18.3 Å². The Bertz CT molecular complexity index is 343. The minimum absolute atomic E-state index is 0.642. The van der Waals surface area contributed by atoms with E-state index in [4.69, 9.17) is 4.74 Å². The van der Waals surface area contributed by atoms with Crippen LogP contribution in [0.1, 0.15) is 39.5 Å². The fraction of sp³-hybridized carbons (Fsp3) is 0.600. The van der Waals surface area contributed by atoms with Crippen molar-refractivity contribution in [2.24, 2.45) is 5.92 Å². The molecule has 1 aromatic carbocycles. The summed E-state index contributed by atoms with van der Waals surface area (Å²) in [5, 5.41) is 3.62. The summed E-state index contributed by atoms with van der Waals surface area (Å²) in [7, 11) is 0. The molecule has 0 bridgehead atoms. The van der Waals surface area contributed by atoms with E-state index in [1.54, 1.807) is 0 Å². The second kappa shape index (κ2) is 5.95. The summed E-state index contributed by atoms with van der Waals surface area (Å²) >= 11 is 0. The number of ether oxygens (including phenoxy) is 1. The molecule has 1 N–H and O–H groups in total. The molecule has 0 heterocycles. The lowest BCUT2D eigenvalue weighted by molar-refractivity contribution is 0.340. The molecule has 94 valence electrons. The van der Waals surface area contributed by atoms with Crippen molar-refractivity contribution < 1.29 is 4.74 Å². The Morgan fingerprint density at radius 2 is 2.00 bits per heavy atom. The lowest BCUT2D eigenvalue weighted by Crippen LogP contribution is -2.25. The van der Waals surface area contributed by atoms with Crippen LogP contribution >= 0.6 is 0 Å². The second-order valence-electron chi connectivity index (χ2n) is 5.06. The second-order valence-corrected chi connectivity index (χ2v) is 5.06. The maximum absolute atomic E-state index is 5.51. The van der Waals surface area contributed by atoms with E-state index in [2.05, 4.69) is 30.4 Å². The van der Waals surface area contributed by atoms with E-state index in [9.17, 15) is 0 Å². The molecule has 1 aliphatic carbocycles. The summed E-state index contributed by atoms with van der Waals surface area (Å²) in [6.07, 6.45) is 5.28. The minimum Gasteiger partial charge on any atom is -0.494 e. The van der Waals surface area contributed by atoms with Gasteiger partial charge in [-0.05, 0) is 50.7 Å². The average molecular weight is 233 g/mol. The van der Waals surface area contributed by atoms with Crippen LogP contribution in [0.3, 0.4) is 0 Å². The van der Waals surface area contributed by atoms with Crippen LogP contribution in [-0.4, -0.2) is 12.6 Å². The summed E-state index contributed by atoms with van der Waals surface area (Å²) in [6.45, 7) is 5.10. The van der Waals surface area contributed by atoms with Crippen molar-refractivity contribution in [3.05, 3.63) is 24.3 Å². The van der Waals surface area contributed by atoms with Crippen molar-refractivity contribution in [2.45, 2.75) is 45.6 Å². The van der Waals surface area contributed by atoms with Crippen molar-refractivity contribution in [3.8, 4) is 5.75 Å². The molecule has 0 unspecified atom stereocenters. The first-order valence-electron chi connectivity index (χ1n) is 6.77. The Kier molecular flexibility index (Phi) is 4.29. The van der Waals surface area contributed by atoms with Crippen LogP contribution in [-0.2, 0) is 0 Å². The first kappa shape index (κ1) is 12.3. The highest BCUT2D eigenvalue weighted by Gasteiger charge is 2.17. The molecule has 2 nitrogen and oxygen atoms in total. The molecule has 17 heavy (non-hydrogen) atoms. The first-order chi connectivity index (χ1) is 8.28. The Morgan fingerprint density at radius 1 is 1.24 bits per heavy atom. The first-order valence-corrected chi connectivity index (χ1v) is 6.77. The van der Waals surface area contributed by atoms with Crippen molar-refractivity contribution in [1.82, 2.24) is 0 Å². The third-order valence-corrected chi connectivity index (χ3v) is 3.53. The average Bonchev–Trinajstić information content (AvgIpc) is 2.33. The SMILES string of the molecule is CCOc1cccc(NC2CCC(C)CC2)c1. The summed E-state index contributed by atoms with van der Waals surface area (Å²) in [5.74, 6) is 1.87. The highest BCUT2D eigenvalue weighted by Crippen LogP contribution is 2.27. The van der Waals surface area contributed by atoms with Gasteiger partial charge in [0.15, 0.2) is 0 Å². The molecule has 2 rings (SSSR count). The van der Waals surface area contributed by atoms with Gasteiger partial charge < -0.3 is 10.1 Å². The van der Waals surface area contributed by atoms with Crippen molar-refractivity contribution in [3.63, 3.8) is 0 Å². The largest absolute Gasteiger partial charge is 0.494 e. The number of nitrogens with one attached hydrogen (secondary N) is 1. The topological polar surface area (TPSA) is 21.3 Å². The third kappa shape index (κ3) is 3.65. The summed E-state index contributed by atoms with van der Waals surface area (Å²) < 4.78 is 5.51. The van der Waals surface area contributed by atoms with Crippen molar-refractivity contribution in [2.75, 3.05) is 11.9 Å². The zero-order valence-corrected chi connectivity index (χ0v) is 10.9. The van der Waals surface area contributed by atoms with Gasteiger partial charge in [-0.15, -0.1) is 0 Å². The quantitative estimate of drug-likeness (QED) is 0.846. The number of hydrogen-bond donors (Lipinski definition) is 1. The normalized spacial score (nSPS) is 24.4. The van der Waals surface area contributed by atoms with Gasteiger partial charge in [0.1, 0.15) is 5.75 Å². The van der Waals surface area contributed by atoms with Crippen LogP contribution in [0.2, 0.25) is 0 Å². The molecule has 1 aromatic rings. The molecule has 0 radical (unpaired) electrons. The van der Waals surface area contributed by atoms with Crippen LogP contribution in [0.4, 0.5) is 5.69 Å². The van der Waals surface area contributed by atoms with Gasteiger partial charge in [-0.2, -0.15) is 0 Å². The fourth-order valence-electron chi connectivity index (χ4n) is 2.48. The van der Waals surface area contributed by atoms with Gasteiger partial charge in [-0.25, -0.2) is 0 Å². The van der Waals surface area contributed by atoms with E-state index >= 15 is 0 Å². The Morgan fingerprint density at radius 3 is 2.71 bits per heavy atom. The highest BCUT2D eigenvalue weighted by molar-refractivity contribution is 5.48. The standard InChI is InChI=1S/C15H23NO/c1-3-17-15-6-4-5-14(11-15)16-13-9-7-12(2)8-10-13/h4-6,11-13,16H,3,7-10H2,1-2H3. The molecule has 0 atom stereocenters. The van der Waals surface area contributed by atoms with Gasteiger partial charge in [-0.3, -0.25) is 0 Å². The van der Waals surface area contributed by atoms with Gasteiger partial charge in [0.2, 0.25) is 0 Å². The monoisotopic (exact) mass is 233 g/mol. The van der Waals surface area contributed by atoms with Gasteiger partial charge in [-0.1, -0.05) is 13.0 Å². The van der Waals surface area contributed by atoms with Gasteiger partial charge in [0.05, 0.1) is 6.61 Å². The van der Waals surface area contributed by atoms with Gasteiger partial charge in [0.25, 0.3) is 0 Å². The lowest BCUT2D eigenvalue weighted by Gasteiger charge is -2.27. The predicted molar refractivity (Wildman–Crippen MR) is 72.7 cm³/mol. The highest BCUT2D eigenvalue weighted by atomic mass is 16.5. The van der Waals surface area contributed by atoms with Crippen molar-refractivity contribution >= 4 is 5.69 Å². The van der Waals surface area contributed by atoms with E-state index < -0.39 is 0 Å². The zero-order valence-electron chi connectivity index (χ0n) is 10.9. The van der Waals surface area contributed by atoms with Crippen LogP contribution < -0.4 is 10.1 Å². The molecule has 0 amide bonds. The van der Waals surface area contributed by atoms with Gasteiger partial charge >= 0.3 is 0 Å². The Labute approximate surface area is 104 Å². The van der Waals surface area contributed by atoms with E-state index in [1.165, 1.54) is 31.4 Å². The minimum atomic E-state index is 0.642. The lowest BCUT2D eigenvalue weighted by atomic mass is 9.87. The number of benzene rings is 1. The molecular formula is C15H23NO. The van der Waals surface area contributed by atoms with Gasteiger partial charge in [0, 0.05) is 17.8 Å². The molecule has 0 saturated heterocycles. The summed E-state index contributed by atoms with van der Waals surface area (Å²) in [4.78, 5) is 0. The maximum atomic E-state index is 5.51. The molecule has 2 heteroatoms. The van der Waals surface area contributed by atoms with Crippen molar-refractivity contribution in [1.29, 1.82) is 0 Å². The Hall–Kier alpha value is -1.18. The molecule has 0 spiro atoms. The summed E-state index contributed by atoms with van der Waals surface area (Å²) in [6, 6.07) is 8.93. The molecule has 1 saturated carbocycles. The van der Waals surface area contributed by atoms with E-state index in [0.29, 0.717) is 6.04 Å². The maximum Gasteiger partial charge on any atom is 0.121 e. The molecule has 1 fully saturated rings. The smallest absolute Gasteiger partial charge is 0.121 e. The fourth-order valence-corrected chi connectivity index (χ4v) is 2.48. The number of hydrogen-bond acceptors (Lipinski definition) is 2. The molecular weight excluding hydrogens is 210 g/mol. The predicted octanol–water partition coefficient (Wildman–Crippen LogP) is 4.08. The molecule has 1 aliphatic rings. The van der Waals surface area contributed by atoms with Crippen LogP contribution in [0.25, 0.3) is 0 Å². The third-order valence-electron chi connectivity index (χ3n) is 3.53. The van der Waals surface area contributed by atoms with E-state index in [-0.39, 0.29) is 0 Å². The van der Waals surface area contributed by atoms with Crippen LogP contribution in [0.15, 0.2) is 24.3 Å².